The number of hydrogen-bond acceptors (Lipinski definition) is 3. The van der Waals surface area contributed by atoms with Crippen LogP contribution >= 0.6 is 0 Å². The largest absolute Gasteiger partial charge is 0.350 e. The van der Waals surface area contributed by atoms with Crippen LogP contribution < -0.4 is 10.6 Å². The molecule has 1 aromatic heterocycles. The van der Waals surface area contributed by atoms with Gasteiger partial charge in [-0.25, -0.2) is 0 Å². The normalized spacial score (nSPS) is 19.9. The predicted octanol–water partition coefficient (Wildman–Crippen LogP) is 1.01. The Balaban J connectivity index is 1.85. The highest BCUT2D eigenvalue weighted by Crippen LogP contribution is 2.10. The average Bonchev–Trinajstić information content (AvgIpc) is 2.38. The van der Waals surface area contributed by atoms with Gasteiger partial charge in [0.2, 0.25) is 5.91 Å². The van der Waals surface area contributed by atoms with Gasteiger partial charge in [0, 0.05) is 12.7 Å². The van der Waals surface area contributed by atoms with E-state index in [9.17, 15) is 4.79 Å². The summed E-state index contributed by atoms with van der Waals surface area (Å²) in [6.07, 6.45) is 3.83. The second kappa shape index (κ2) is 5.77. The van der Waals surface area contributed by atoms with Crippen molar-refractivity contribution < 1.29 is 4.79 Å². The SMILES string of the molecule is Cc1cccnc1CNC(=O)[C@H]1CCCNC1. The molecule has 92 valence electrons. The van der Waals surface area contributed by atoms with Crippen LogP contribution in [0.3, 0.4) is 0 Å². The average molecular weight is 233 g/mol. The maximum Gasteiger partial charge on any atom is 0.224 e. The predicted molar refractivity (Wildman–Crippen MR) is 66.4 cm³/mol. The van der Waals surface area contributed by atoms with Gasteiger partial charge in [-0.1, -0.05) is 6.07 Å². The number of carbonyl (C=O) groups is 1. The van der Waals surface area contributed by atoms with E-state index in [2.05, 4.69) is 15.6 Å². The van der Waals surface area contributed by atoms with Gasteiger partial charge in [0.05, 0.1) is 18.2 Å². The summed E-state index contributed by atoms with van der Waals surface area (Å²) in [5.74, 6) is 0.259. The lowest BCUT2D eigenvalue weighted by molar-refractivity contribution is -0.125. The third kappa shape index (κ3) is 3.27. The molecule has 0 saturated carbocycles. The highest BCUT2D eigenvalue weighted by atomic mass is 16.1. The number of piperidine rings is 1. The molecule has 17 heavy (non-hydrogen) atoms. The van der Waals surface area contributed by atoms with Crippen LogP contribution in [0, 0.1) is 12.8 Å². The number of carbonyl (C=O) groups excluding carboxylic acids is 1. The van der Waals surface area contributed by atoms with Crippen molar-refractivity contribution in [1.82, 2.24) is 15.6 Å². The van der Waals surface area contributed by atoms with Gasteiger partial charge in [-0.15, -0.1) is 0 Å². The molecule has 2 N–H and O–H groups in total. The Hall–Kier alpha value is -1.42. The lowest BCUT2D eigenvalue weighted by atomic mass is 9.99. The number of aryl methyl sites for hydroxylation is 1. The van der Waals surface area contributed by atoms with Crippen LogP contribution in [0.4, 0.5) is 0 Å². The van der Waals surface area contributed by atoms with Crippen molar-refractivity contribution in [2.24, 2.45) is 5.92 Å². The highest BCUT2D eigenvalue weighted by molar-refractivity contribution is 5.78. The molecule has 2 rings (SSSR count). The first-order chi connectivity index (χ1) is 8.27. The van der Waals surface area contributed by atoms with Crippen molar-refractivity contribution in [3.05, 3.63) is 29.6 Å². The highest BCUT2D eigenvalue weighted by Gasteiger charge is 2.20. The van der Waals surface area contributed by atoms with E-state index in [1.165, 1.54) is 0 Å². The summed E-state index contributed by atoms with van der Waals surface area (Å²) < 4.78 is 0. The van der Waals surface area contributed by atoms with Crippen molar-refractivity contribution in [1.29, 1.82) is 0 Å². The quantitative estimate of drug-likeness (QED) is 0.819. The van der Waals surface area contributed by atoms with E-state index in [-0.39, 0.29) is 11.8 Å². The molecule has 1 saturated heterocycles. The third-order valence-electron chi connectivity index (χ3n) is 3.22. The van der Waals surface area contributed by atoms with Crippen LogP contribution in [0.1, 0.15) is 24.1 Å². The van der Waals surface area contributed by atoms with Crippen molar-refractivity contribution in [2.75, 3.05) is 13.1 Å². The number of nitrogens with one attached hydrogen (secondary N) is 2. The smallest absolute Gasteiger partial charge is 0.224 e. The number of nitrogens with zero attached hydrogens (tertiary/aromatic N) is 1. The Bertz CT molecular complexity index is 386. The Morgan fingerprint density at radius 1 is 1.65 bits per heavy atom. The Morgan fingerprint density at radius 2 is 2.53 bits per heavy atom. The molecule has 4 nitrogen and oxygen atoms in total. The van der Waals surface area contributed by atoms with Gasteiger partial charge in [0.15, 0.2) is 0 Å². The van der Waals surface area contributed by atoms with Gasteiger partial charge in [-0.05, 0) is 37.9 Å². The van der Waals surface area contributed by atoms with E-state index < -0.39 is 0 Å². The lowest BCUT2D eigenvalue weighted by Crippen LogP contribution is -2.40. The molecule has 1 aromatic rings. The van der Waals surface area contributed by atoms with Gasteiger partial charge in [-0.2, -0.15) is 0 Å². The Kier molecular flexibility index (Phi) is 4.09. The molecule has 0 radical (unpaired) electrons. The summed E-state index contributed by atoms with van der Waals surface area (Å²) in [6.45, 7) is 4.37. The van der Waals surface area contributed by atoms with E-state index in [1.54, 1.807) is 6.20 Å². The summed E-state index contributed by atoms with van der Waals surface area (Å²) in [5.41, 5.74) is 2.07. The van der Waals surface area contributed by atoms with E-state index in [0.717, 1.165) is 37.2 Å². The van der Waals surface area contributed by atoms with Crippen LogP contribution in [0.5, 0.6) is 0 Å². The molecule has 4 heteroatoms. The van der Waals surface area contributed by atoms with E-state index >= 15 is 0 Å². The van der Waals surface area contributed by atoms with Gasteiger partial charge >= 0.3 is 0 Å². The van der Waals surface area contributed by atoms with Gasteiger partial charge in [0.1, 0.15) is 0 Å². The van der Waals surface area contributed by atoms with Gasteiger partial charge in [-0.3, -0.25) is 9.78 Å². The molecule has 1 atom stereocenters. The molecule has 0 unspecified atom stereocenters. The minimum absolute atomic E-state index is 0.118. The minimum Gasteiger partial charge on any atom is -0.350 e. The molecule has 2 heterocycles. The third-order valence-corrected chi connectivity index (χ3v) is 3.22. The summed E-state index contributed by atoms with van der Waals surface area (Å²) in [6, 6.07) is 3.92. The molecule has 1 aliphatic rings. The molecular formula is C13H19N3O. The first kappa shape index (κ1) is 12.0. The summed E-state index contributed by atoms with van der Waals surface area (Å²) in [5, 5.41) is 6.22. The fourth-order valence-corrected chi connectivity index (χ4v) is 2.09. The first-order valence-corrected chi connectivity index (χ1v) is 6.16. The van der Waals surface area contributed by atoms with Gasteiger partial charge < -0.3 is 10.6 Å². The van der Waals surface area contributed by atoms with Crippen LogP contribution in [0.25, 0.3) is 0 Å². The molecule has 0 bridgehead atoms. The first-order valence-electron chi connectivity index (χ1n) is 6.16. The Morgan fingerprint density at radius 3 is 3.24 bits per heavy atom. The molecule has 0 aromatic carbocycles. The van der Waals surface area contributed by atoms with E-state index in [4.69, 9.17) is 0 Å². The number of rotatable bonds is 3. The zero-order valence-electron chi connectivity index (χ0n) is 10.2. The lowest BCUT2D eigenvalue weighted by Gasteiger charge is -2.21. The fourth-order valence-electron chi connectivity index (χ4n) is 2.09. The van der Waals surface area contributed by atoms with Crippen LogP contribution in [-0.2, 0) is 11.3 Å². The molecule has 0 spiro atoms. The van der Waals surface area contributed by atoms with Crippen molar-refractivity contribution >= 4 is 5.91 Å². The Labute approximate surface area is 102 Å². The molecule has 1 aliphatic heterocycles. The van der Waals surface area contributed by atoms with Crippen molar-refractivity contribution in [3.63, 3.8) is 0 Å². The van der Waals surface area contributed by atoms with Crippen LogP contribution in [0.15, 0.2) is 18.3 Å². The number of amides is 1. The topological polar surface area (TPSA) is 54.0 Å². The fraction of sp³-hybridized carbons (Fsp3) is 0.538. The van der Waals surface area contributed by atoms with Crippen molar-refractivity contribution in [3.8, 4) is 0 Å². The second-order valence-corrected chi connectivity index (χ2v) is 4.53. The standard InChI is InChI=1S/C13H19N3O/c1-10-4-2-7-15-12(10)9-16-13(17)11-5-3-6-14-8-11/h2,4,7,11,14H,3,5-6,8-9H2,1H3,(H,16,17)/t11-/m0/s1. The maximum absolute atomic E-state index is 11.9. The zero-order valence-corrected chi connectivity index (χ0v) is 10.2. The van der Waals surface area contributed by atoms with E-state index in [0.29, 0.717) is 6.54 Å². The van der Waals surface area contributed by atoms with Gasteiger partial charge in [0.25, 0.3) is 0 Å². The molecule has 0 aliphatic carbocycles. The number of aromatic nitrogens is 1. The number of pyridine rings is 1. The van der Waals surface area contributed by atoms with Crippen LogP contribution in [-0.4, -0.2) is 24.0 Å². The summed E-state index contributed by atoms with van der Waals surface area (Å²) in [7, 11) is 0. The summed E-state index contributed by atoms with van der Waals surface area (Å²) >= 11 is 0. The van der Waals surface area contributed by atoms with Crippen molar-refractivity contribution in [2.45, 2.75) is 26.3 Å². The van der Waals surface area contributed by atoms with E-state index in [1.807, 2.05) is 19.1 Å². The monoisotopic (exact) mass is 233 g/mol. The zero-order chi connectivity index (χ0) is 12.1. The molecular weight excluding hydrogens is 214 g/mol. The molecule has 1 amide bonds. The minimum atomic E-state index is 0.118. The second-order valence-electron chi connectivity index (χ2n) is 4.53. The number of hydrogen-bond donors (Lipinski definition) is 2. The maximum atomic E-state index is 11.9. The van der Waals surface area contributed by atoms with Crippen LogP contribution in [0.2, 0.25) is 0 Å². The summed E-state index contributed by atoms with van der Waals surface area (Å²) in [4.78, 5) is 16.2. The molecule has 1 fully saturated rings.